The predicted molar refractivity (Wildman–Crippen MR) is 66.1 cm³/mol. The highest BCUT2D eigenvalue weighted by molar-refractivity contribution is 5.70. The molecule has 0 saturated carbocycles. The van der Waals surface area contributed by atoms with Gasteiger partial charge in [-0.1, -0.05) is 6.92 Å². The molecule has 0 aliphatic rings. The molecule has 3 nitrogen and oxygen atoms in total. The van der Waals surface area contributed by atoms with Crippen LogP contribution in [0.4, 0.5) is 23.2 Å². The highest BCUT2D eigenvalue weighted by Crippen LogP contribution is 2.32. The van der Waals surface area contributed by atoms with Gasteiger partial charge in [0.25, 0.3) is 0 Å². The Kier molecular flexibility index (Phi) is 4.97. The van der Waals surface area contributed by atoms with Gasteiger partial charge in [0.15, 0.2) is 0 Å². The molecule has 0 spiro atoms. The smallest absolute Gasteiger partial charge is 0.416 e. The largest absolute Gasteiger partial charge is 0.481 e. The summed E-state index contributed by atoms with van der Waals surface area (Å²) in [6.07, 6.45) is -4.61. The van der Waals surface area contributed by atoms with Gasteiger partial charge in [0.2, 0.25) is 0 Å². The summed E-state index contributed by atoms with van der Waals surface area (Å²) >= 11 is 0. The molecular formula is C13H15F4NO2. The first-order valence-corrected chi connectivity index (χ1v) is 6.01. The van der Waals surface area contributed by atoms with E-state index in [4.69, 9.17) is 5.11 Å². The minimum atomic E-state index is -4.61. The van der Waals surface area contributed by atoms with Crippen molar-refractivity contribution in [3.8, 4) is 0 Å². The molecule has 1 aromatic carbocycles. The average Bonchev–Trinajstić information content (AvgIpc) is 2.34. The maximum absolute atomic E-state index is 13.8. The van der Waals surface area contributed by atoms with Crippen LogP contribution in [0.25, 0.3) is 0 Å². The Balaban J connectivity index is 3.02. The van der Waals surface area contributed by atoms with Crippen molar-refractivity contribution in [1.82, 2.24) is 0 Å². The summed E-state index contributed by atoms with van der Waals surface area (Å²) in [5.74, 6) is -2.81. The first-order valence-electron chi connectivity index (χ1n) is 6.01. The molecule has 0 radical (unpaired) electrons. The van der Waals surface area contributed by atoms with Crippen LogP contribution in [0.1, 0.15) is 19.4 Å². The number of carbonyl (C=O) groups is 1. The molecule has 0 saturated heterocycles. The number of carboxylic acids is 1. The van der Waals surface area contributed by atoms with E-state index in [2.05, 4.69) is 0 Å². The third kappa shape index (κ3) is 3.85. The van der Waals surface area contributed by atoms with E-state index in [-0.39, 0.29) is 12.2 Å². The molecule has 112 valence electrons. The monoisotopic (exact) mass is 293 g/mol. The van der Waals surface area contributed by atoms with E-state index < -0.39 is 29.4 Å². The third-order valence-electron chi connectivity index (χ3n) is 2.91. The zero-order valence-corrected chi connectivity index (χ0v) is 11.0. The lowest BCUT2D eigenvalue weighted by molar-refractivity contribution is -0.140. The molecule has 1 aromatic rings. The van der Waals surface area contributed by atoms with Crippen molar-refractivity contribution in [3.05, 3.63) is 29.6 Å². The fraction of sp³-hybridized carbons (Fsp3) is 0.462. The number of alkyl halides is 3. The van der Waals surface area contributed by atoms with Crippen molar-refractivity contribution in [3.63, 3.8) is 0 Å². The third-order valence-corrected chi connectivity index (χ3v) is 2.91. The Hall–Kier alpha value is -1.79. The summed E-state index contributed by atoms with van der Waals surface area (Å²) in [5, 5.41) is 8.82. The van der Waals surface area contributed by atoms with Crippen molar-refractivity contribution < 1.29 is 27.5 Å². The Morgan fingerprint density at radius 1 is 1.40 bits per heavy atom. The molecule has 0 amide bonds. The quantitative estimate of drug-likeness (QED) is 0.846. The number of hydrogen-bond donors (Lipinski definition) is 1. The van der Waals surface area contributed by atoms with Gasteiger partial charge in [0.1, 0.15) is 5.82 Å². The van der Waals surface area contributed by atoms with Crippen molar-refractivity contribution in [2.24, 2.45) is 5.92 Å². The second-order valence-electron chi connectivity index (χ2n) is 4.44. The SMILES string of the molecule is CCN(CC(C)C(=O)O)c1ccc(C(F)(F)F)cc1F. The number of hydrogen-bond acceptors (Lipinski definition) is 2. The van der Waals surface area contributed by atoms with E-state index in [1.54, 1.807) is 6.92 Å². The summed E-state index contributed by atoms with van der Waals surface area (Å²) in [5.41, 5.74) is -1.10. The molecule has 1 atom stereocenters. The molecular weight excluding hydrogens is 278 g/mol. The van der Waals surface area contributed by atoms with Crippen molar-refractivity contribution in [2.75, 3.05) is 18.0 Å². The molecule has 20 heavy (non-hydrogen) atoms. The molecule has 7 heteroatoms. The number of carboxylic acid groups (broad SMARTS) is 1. The second kappa shape index (κ2) is 6.11. The van der Waals surface area contributed by atoms with Crippen LogP contribution >= 0.6 is 0 Å². The van der Waals surface area contributed by atoms with Gasteiger partial charge in [-0.05, 0) is 25.1 Å². The molecule has 0 aliphatic carbocycles. The average molecular weight is 293 g/mol. The number of halogens is 4. The number of rotatable bonds is 5. The van der Waals surface area contributed by atoms with Gasteiger partial charge in [-0.2, -0.15) is 13.2 Å². The van der Waals surface area contributed by atoms with E-state index in [0.29, 0.717) is 12.6 Å². The zero-order chi connectivity index (χ0) is 15.5. The lowest BCUT2D eigenvalue weighted by atomic mass is 10.1. The van der Waals surface area contributed by atoms with Crippen LogP contribution in [0.3, 0.4) is 0 Å². The molecule has 0 fully saturated rings. The second-order valence-corrected chi connectivity index (χ2v) is 4.44. The minimum absolute atomic E-state index is 0.0219. The molecule has 0 aliphatic heterocycles. The molecule has 0 bridgehead atoms. The summed E-state index contributed by atoms with van der Waals surface area (Å²) in [7, 11) is 0. The Labute approximate surface area is 113 Å². The van der Waals surface area contributed by atoms with E-state index >= 15 is 0 Å². The van der Waals surface area contributed by atoms with Crippen LogP contribution in [-0.2, 0) is 11.0 Å². The molecule has 0 aromatic heterocycles. The highest BCUT2D eigenvalue weighted by Gasteiger charge is 2.31. The Bertz CT molecular complexity index is 488. The fourth-order valence-electron chi connectivity index (χ4n) is 1.75. The van der Waals surface area contributed by atoms with Crippen LogP contribution in [-0.4, -0.2) is 24.2 Å². The van der Waals surface area contributed by atoms with Crippen molar-refractivity contribution in [2.45, 2.75) is 20.0 Å². The van der Waals surface area contributed by atoms with E-state index in [0.717, 1.165) is 12.1 Å². The molecule has 1 rings (SSSR count). The summed E-state index contributed by atoms with van der Waals surface area (Å²) < 4.78 is 51.1. The van der Waals surface area contributed by atoms with Crippen LogP contribution in [0.5, 0.6) is 0 Å². The van der Waals surface area contributed by atoms with Gasteiger partial charge in [0.05, 0.1) is 17.2 Å². The first kappa shape index (κ1) is 16.3. The number of anilines is 1. The number of nitrogens with zero attached hydrogens (tertiary/aromatic N) is 1. The summed E-state index contributed by atoms with van der Waals surface area (Å²) in [4.78, 5) is 12.2. The highest BCUT2D eigenvalue weighted by atomic mass is 19.4. The molecule has 1 unspecified atom stereocenters. The van der Waals surface area contributed by atoms with Gasteiger partial charge in [-0.25, -0.2) is 4.39 Å². The summed E-state index contributed by atoms with van der Waals surface area (Å²) in [6.45, 7) is 3.44. The van der Waals surface area contributed by atoms with Gasteiger partial charge < -0.3 is 10.0 Å². The van der Waals surface area contributed by atoms with Crippen LogP contribution < -0.4 is 4.90 Å². The van der Waals surface area contributed by atoms with Crippen molar-refractivity contribution >= 4 is 11.7 Å². The topological polar surface area (TPSA) is 40.5 Å². The summed E-state index contributed by atoms with van der Waals surface area (Å²) in [6, 6.07) is 2.23. The lowest BCUT2D eigenvalue weighted by Gasteiger charge is -2.25. The van der Waals surface area contributed by atoms with Gasteiger partial charge >= 0.3 is 12.1 Å². The maximum atomic E-state index is 13.8. The van der Waals surface area contributed by atoms with Crippen LogP contribution in [0, 0.1) is 11.7 Å². The van der Waals surface area contributed by atoms with Gasteiger partial charge in [0, 0.05) is 13.1 Å². The maximum Gasteiger partial charge on any atom is 0.416 e. The molecule has 0 heterocycles. The van der Waals surface area contributed by atoms with Crippen LogP contribution in [0.15, 0.2) is 18.2 Å². The van der Waals surface area contributed by atoms with E-state index in [1.807, 2.05) is 0 Å². The van der Waals surface area contributed by atoms with Gasteiger partial charge in [-0.3, -0.25) is 4.79 Å². The predicted octanol–water partition coefficient (Wildman–Crippen LogP) is 3.39. The van der Waals surface area contributed by atoms with E-state index in [1.165, 1.54) is 11.8 Å². The lowest BCUT2D eigenvalue weighted by Crippen LogP contribution is -2.32. The Morgan fingerprint density at radius 2 is 2.00 bits per heavy atom. The zero-order valence-electron chi connectivity index (χ0n) is 11.0. The fourth-order valence-corrected chi connectivity index (χ4v) is 1.75. The standard InChI is InChI=1S/C13H15F4NO2/c1-3-18(7-8(2)12(19)20)11-5-4-9(6-10(11)14)13(15,16)17/h4-6,8H,3,7H2,1-2H3,(H,19,20). The molecule has 1 N–H and O–H groups in total. The van der Waals surface area contributed by atoms with E-state index in [9.17, 15) is 22.4 Å². The first-order chi connectivity index (χ1) is 9.16. The number of aliphatic carboxylic acids is 1. The van der Waals surface area contributed by atoms with Crippen molar-refractivity contribution in [1.29, 1.82) is 0 Å². The van der Waals surface area contributed by atoms with Gasteiger partial charge in [-0.15, -0.1) is 0 Å². The number of benzene rings is 1. The van der Waals surface area contributed by atoms with Crippen LogP contribution in [0.2, 0.25) is 0 Å². The minimum Gasteiger partial charge on any atom is -0.481 e. The normalized spacial score (nSPS) is 13.1. The Morgan fingerprint density at radius 3 is 2.40 bits per heavy atom.